The fourth-order valence-corrected chi connectivity index (χ4v) is 5.23. The fourth-order valence-electron chi connectivity index (χ4n) is 5.23. The van der Waals surface area contributed by atoms with Gasteiger partial charge in [0.25, 0.3) is 5.92 Å². The molecule has 1 atom stereocenters. The second-order valence-corrected chi connectivity index (χ2v) is 11.0. The Labute approximate surface area is 254 Å². The summed E-state index contributed by atoms with van der Waals surface area (Å²) in [6, 6.07) is 10.4. The van der Waals surface area contributed by atoms with Gasteiger partial charge in [-0.3, -0.25) is 4.79 Å². The fraction of sp³-hybridized carbons (Fsp3) is 0.258. The number of carbonyl (C=O) groups is 3. The lowest BCUT2D eigenvalue weighted by Gasteiger charge is -2.24. The molecule has 2 aliphatic rings. The Balaban J connectivity index is 1.23. The molecule has 2 aliphatic heterocycles. The van der Waals surface area contributed by atoms with Gasteiger partial charge < -0.3 is 15.0 Å². The largest absolute Gasteiger partial charge is 0.505 e. The summed E-state index contributed by atoms with van der Waals surface area (Å²) in [6.45, 7) is 3.06. The number of alkyl halides is 2. The van der Waals surface area contributed by atoms with Gasteiger partial charge in [0.05, 0.1) is 36.9 Å². The summed E-state index contributed by atoms with van der Waals surface area (Å²) in [5.41, 5.74) is 1.00. The van der Waals surface area contributed by atoms with Crippen molar-refractivity contribution >= 4 is 46.6 Å². The number of hydrogen-bond acceptors (Lipinski definition) is 6. The highest BCUT2D eigenvalue weighted by molar-refractivity contribution is 6.28. The Hall–Kier alpha value is -5.27. The third-order valence-corrected chi connectivity index (χ3v) is 7.54. The van der Waals surface area contributed by atoms with Crippen LogP contribution in [0.1, 0.15) is 20.3 Å². The van der Waals surface area contributed by atoms with Crippen LogP contribution in [0.4, 0.5) is 39.4 Å². The van der Waals surface area contributed by atoms with Gasteiger partial charge in [-0.25, -0.2) is 26.9 Å². The number of pyridine rings is 1. The number of amides is 4. The normalized spacial score (nSPS) is 18.1. The van der Waals surface area contributed by atoms with Gasteiger partial charge >= 0.3 is 11.9 Å². The van der Waals surface area contributed by atoms with Crippen molar-refractivity contribution in [1.29, 1.82) is 0 Å². The van der Waals surface area contributed by atoms with E-state index >= 15 is 4.39 Å². The van der Waals surface area contributed by atoms with Gasteiger partial charge in [-0.05, 0) is 56.3 Å². The van der Waals surface area contributed by atoms with Gasteiger partial charge in [-0.2, -0.15) is 14.5 Å². The molecule has 14 heteroatoms. The molecular weight excluding hydrogens is 596 g/mol. The summed E-state index contributed by atoms with van der Waals surface area (Å²) < 4.78 is 65.0. The van der Waals surface area contributed by atoms with Crippen molar-refractivity contribution in [3.05, 3.63) is 78.6 Å². The van der Waals surface area contributed by atoms with Crippen LogP contribution < -0.4 is 19.9 Å². The summed E-state index contributed by atoms with van der Waals surface area (Å²) >= 11 is 0. The molecule has 0 aliphatic carbocycles. The molecule has 1 N–H and O–H groups in total. The highest BCUT2D eigenvalue weighted by Crippen LogP contribution is 2.36. The number of imide groups is 1. The molecule has 2 aromatic carbocycles. The number of carbonyl (C=O) groups excluding carboxylic acids is 3. The van der Waals surface area contributed by atoms with Crippen LogP contribution in [0.5, 0.6) is 11.5 Å². The SMILES string of the molecule is CC(C)[N+]1=CC(C(=O)Nc2ccc(Oc3cc(N4CCC(F)(F)C4)cn4nccc34)c(F)c2)C(=O)N(c2ccc(F)cc2)C1=O. The maximum absolute atomic E-state index is 15.3. The van der Waals surface area contributed by atoms with E-state index in [9.17, 15) is 27.6 Å². The number of halogens is 4. The third kappa shape index (κ3) is 5.82. The molecule has 232 valence electrons. The second kappa shape index (κ2) is 11.3. The maximum Gasteiger partial charge on any atom is 0.505 e. The Morgan fingerprint density at radius 1 is 1.04 bits per heavy atom. The average molecular weight is 624 g/mol. The number of benzene rings is 2. The molecule has 1 unspecified atom stereocenters. The second-order valence-electron chi connectivity index (χ2n) is 11.0. The molecule has 4 aromatic rings. The highest BCUT2D eigenvalue weighted by Gasteiger charge is 2.48. The van der Waals surface area contributed by atoms with Crippen molar-refractivity contribution in [3.63, 3.8) is 0 Å². The predicted octanol–water partition coefficient (Wildman–Crippen LogP) is 5.46. The molecule has 4 heterocycles. The number of anilines is 3. The molecule has 6 rings (SSSR count). The van der Waals surface area contributed by atoms with E-state index in [0.29, 0.717) is 11.2 Å². The van der Waals surface area contributed by atoms with Crippen LogP contribution >= 0.6 is 0 Å². The number of hydrogen-bond donors (Lipinski definition) is 1. The summed E-state index contributed by atoms with van der Waals surface area (Å²) in [7, 11) is 0. The maximum atomic E-state index is 15.3. The van der Waals surface area contributed by atoms with Gasteiger partial charge in [0.15, 0.2) is 23.2 Å². The monoisotopic (exact) mass is 623 g/mol. The first-order chi connectivity index (χ1) is 21.4. The zero-order valence-electron chi connectivity index (χ0n) is 24.1. The summed E-state index contributed by atoms with van der Waals surface area (Å²) in [4.78, 5) is 42.0. The Morgan fingerprint density at radius 2 is 1.80 bits per heavy atom. The third-order valence-electron chi connectivity index (χ3n) is 7.54. The Bertz CT molecular complexity index is 1860. The van der Waals surface area contributed by atoms with Crippen LogP contribution in [-0.4, -0.2) is 63.3 Å². The van der Waals surface area contributed by atoms with Crippen LogP contribution in [0, 0.1) is 17.6 Å². The van der Waals surface area contributed by atoms with E-state index in [2.05, 4.69) is 10.4 Å². The lowest BCUT2D eigenvalue weighted by Crippen LogP contribution is -2.55. The van der Waals surface area contributed by atoms with Gasteiger partial charge in [-0.1, -0.05) is 0 Å². The van der Waals surface area contributed by atoms with Crippen LogP contribution in [0.2, 0.25) is 0 Å². The molecule has 45 heavy (non-hydrogen) atoms. The topological polar surface area (TPSA) is 99.3 Å². The van der Waals surface area contributed by atoms with E-state index in [-0.39, 0.29) is 35.8 Å². The zero-order chi connectivity index (χ0) is 32.0. The van der Waals surface area contributed by atoms with E-state index in [1.165, 1.54) is 56.7 Å². The zero-order valence-corrected chi connectivity index (χ0v) is 24.1. The first-order valence-corrected chi connectivity index (χ1v) is 14.1. The van der Waals surface area contributed by atoms with Crippen molar-refractivity contribution < 1.29 is 41.3 Å². The standard InChI is InChI=1S/C31H26F4N6O4/c1-18(2)39-16-23(29(43)41(30(39)44)21-6-3-19(32)4-7-21)28(42)37-20-5-8-26(24(33)13-20)45-27-14-22(15-40-25(27)9-11-36-40)38-12-10-31(34,35)17-38/h3-9,11,13-16,18,23H,10,12,17H2,1-2H3/p+1. The Morgan fingerprint density at radius 3 is 2.47 bits per heavy atom. The van der Waals surface area contributed by atoms with Crippen LogP contribution in [-0.2, 0) is 9.59 Å². The summed E-state index contributed by atoms with van der Waals surface area (Å²) in [6.07, 6.45) is 4.00. The summed E-state index contributed by atoms with van der Waals surface area (Å²) in [5, 5.41) is 6.67. The molecule has 0 spiro atoms. The first kappa shape index (κ1) is 29.8. The van der Waals surface area contributed by atoms with Crippen molar-refractivity contribution in [2.75, 3.05) is 28.2 Å². The number of nitrogens with one attached hydrogen (secondary N) is 1. The molecule has 2 aromatic heterocycles. The van der Waals surface area contributed by atoms with Gasteiger partial charge in [-0.15, -0.1) is 4.90 Å². The number of rotatable bonds is 7. The van der Waals surface area contributed by atoms with E-state index < -0.39 is 53.9 Å². The van der Waals surface area contributed by atoms with Crippen LogP contribution in [0.15, 0.2) is 67.0 Å². The molecular formula is C31H27F4N6O4+. The van der Waals surface area contributed by atoms with E-state index in [1.54, 1.807) is 26.1 Å². The molecule has 10 nitrogen and oxygen atoms in total. The van der Waals surface area contributed by atoms with E-state index in [1.807, 2.05) is 0 Å². The van der Waals surface area contributed by atoms with Crippen LogP contribution in [0.3, 0.4) is 0 Å². The van der Waals surface area contributed by atoms with Gasteiger partial charge in [0.2, 0.25) is 5.91 Å². The van der Waals surface area contributed by atoms with Crippen LogP contribution in [0.25, 0.3) is 5.52 Å². The van der Waals surface area contributed by atoms with E-state index in [0.717, 1.165) is 23.1 Å². The Kier molecular flexibility index (Phi) is 7.51. The van der Waals surface area contributed by atoms with Gasteiger partial charge in [0.1, 0.15) is 17.0 Å². The number of aromatic nitrogens is 2. The van der Waals surface area contributed by atoms with Crippen molar-refractivity contribution in [2.45, 2.75) is 32.2 Å². The van der Waals surface area contributed by atoms with Gasteiger partial charge in [0, 0.05) is 30.8 Å². The average Bonchev–Trinajstić information content (AvgIpc) is 3.61. The molecule has 1 saturated heterocycles. The van der Waals surface area contributed by atoms with E-state index in [4.69, 9.17) is 4.74 Å². The minimum atomic E-state index is -2.83. The quantitative estimate of drug-likeness (QED) is 0.167. The number of fused-ring (bicyclic) bond motifs is 1. The molecule has 0 radical (unpaired) electrons. The minimum Gasteiger partial charge on any atom is -0.452 e. The smallest absolute Gasteiger partial charge is 0.452 e. The lowest BCUT2D eigenvalue weighted by atomic mass is 10.0. The molecule has 0 bridgehead atoms. The molecule has 4 amide bonds. The lowest BCUT2D eigenvalue weighted by molar-refractivity contribution is -0.459. The molecule has 1 fully saturated rings. The van der Waals surface area contributed by atoms with Crippen molar-refractivity contribution in [2.24, 2.45) is 5.92 Å². The minimum absolute atomic E-state index is 0.00919. The molecule has 0 saturated carbocycles. The van der Waals surface area contributed by atoms with Crippen molar-refractivity contribution in [3.8, 4) is 11.5 Å². The number of urea groups is 1. The predicted molar refractivity (Wildman–Crippen MR) is 156 cm³/mol. The number of nitrogens with zero attached hydrogens (tertiary/aromatic N) is 5. The summed E-state index contributed by atoms with van der Waals surface area (Å²) in [5.74, 6) is -7.41. The number of ether oxygens (including phenoxy) is 1. The first-order valence-electron chi connectivity index (χ1n) is 14.1. The van der Waals surface area contributed by atoms with Crippen molar-refractivity contribution in [1.82, 2.24) is 9.61 Å². The highest BCUT2D eigenvalue weighted by atomic mass is 19.3.